The van der Waals surface area contributed by atoms with E-state index in [0.29, 0.717) is 25.5 Å². The van der Waals surface area contributed by atoms with Crippen LogP contribution in [-0.2, 0) is 16.0 Å². The molecule has 2 N–H and O–H groups in total. The number of phenols is 1. The van der Waals surface area contributed by atoms with Crippen LogP contribution in [0.2, 0.25) is 0 Å². The quantitative estimate of drug-likeness (QED) is 0.686. The molecule has 1 aromatic rings. The summed E-state index contributed by atoms with van der Waals surface area (Å²) in [5.74, 6) is 0.307. The predicted octanol–water partition coefficient (Wildman–Crippen LogP) is 2.30. The van der Waals surface area contributed by atoms with Crippen molar-refractivity contribution in [3.63, 3.8) is 0 Å². The van der Waals surface area contributed by atoms with Gasteiger partial charge in [0.05, 0.1) is 17.7 Å². The van der Waals surface area contributed by atoms with Gasteiger partial charge in [-0.25, -0.2) is 0 Å². The molecule has 0 spiro atoms. The average Bonchev–Trinajstić information content (AvgIpc) is 2.37. The van der Waals surface area contributed by atoms with Crippen LogP contribution in [-0.4, -0.2) is 38.6 Å². The molecule has 0 aliphatic carbocycles. The van der Waals surface area contributed by atoms with Crippen LogP contribution in [0.1, 0.15) is 12.0 Å². The predicted molar refractivity (Wildman–Crippen MR) is 74.8 cm³/mol. The third kappa shape index (κ3) is 5.82. The monoisotopic (exact) mass is 317 g/mol. The number of para-hydroxylation sites is 1. The summed E-state index contributed by atoms with van der Waals surface area (Å²) in [7, 11) is 1.66. The van der Waals surface area contributed by atoms with E-state index in [9.17, 15) is 5.11 Å². The van der Waals surface area contributed by atoms with Crippen molar-refractivity contribution in [3.05, 3.63) is 28.2 Å². The van der Waals surface area contributed by atoms with Crippen LogP contribution in [0.4, 0.5) is 0 Å². The number of halogens is 1. The second kappa shape index (κ2) is 9.33. The van der Waals surface area contributed by atoms with Gasteiger partial charge in [-0.2, -0.15) is 0 Å². The first-order valence-corrected chi connectivity index (χ1v) is 6.78. The first kappa shape index (κ1) is 15.4. The standard InChI is InChI=1S/C13H20BrNO3/c1-17-8-9-18-7-3-6-15-10-11-4-2-5-12(14)13(11)16/h2,4-5,15-16H,3,6-10H2,1H3. The van der Waals surface area contributed by atoms with Gasteiger partial charge in [-0.15, -0.1) is 0 Å². The largest absolute Gasteiger partial charge is 0.506 e. The van der Waals surface area contributed by atoms with Crippen LogP contribution in [0.25, 0.3) is 0 Å². The third-order valence-corrected chi connectivity index (χ3v) is 3.10. The molecule has 0 saturated heterocycles. The Balaban J connectivity index is 2.09. The highest BCUT2D eigenvalue weighted by atomic mass is 79.9. The van der Waals surface area contributed by atoms with Gasteiger partial charge in [0.25, 0.3) is 0 Å². The Hall–Kier alpha value is -0.620. The molecule has 0 radical (unpaired) electrons. The van der Waals surface area contributed by atoms with E-state index in [0.717, 1.165) is 29.6 Å². The Morgan fingerprint density at radius 3 is 2.89 bits per heavy atom. The molecule has 0 aliphatic heterocycles. The SMILES string of the molecule is COCCOCCCNCc1cccc(Br)c1O. The number of nitrogens with one attached hydrogen (secondary N) is 1. The number of hydrogen-bond donors (Lipinski definition) is 2. The maximum absolute atomic E-state index is 9.77. The lowest BCUT2D eigenvalue weighted by molar-refractivity contribution is 0.0695. The number of aromatic hydroxyl groups is 1. The Labute approximate surface area is 116 Å². The van der Waals surface area contributed by atoms with Gasteiger partial charge in [-0.05, 0) is 35.0 Å². The molecule has 0 aliphatic rings. The van der Waals surface area contributed by atoms with Crippen LogP contribution in [0, 0.1) is 0 Å². The molecular formula is C13H20BrNO3. The smallest absolute Gasteiger partial charge is 0.134 e. The number of hydrogen-bond acceptors (Lipinski definition) is 4. The fourth-order valence-electron chi connectivity index (χ4n) is 1.47. The van der Waals surface area contributed by atoms with Crippen molar-refractivity contribution in [2.24, 2.45) is 0 Å². The molecule has 0 heterocycles. The minimum atomic E-state index is 0.307. The van der Waals surface area contributed by atoms with Crippen molar-refractivity contribution in [2.75, 3.05) is 33.5 Å². The number of methoxy groups -OCH3 is 1. The number of phenolic OH excluding ortho intramolecular Hbond substituents is 1. The Bertz CT molecular complexity index is 347. The summed E-state index contributed by atoms with van der Waals surface area (Å²) in [6.07, 6.45) is 0.943. The molecule has 0 bridgehead atoms. The van der Waals surface area contributed by atoms with Crippen molar-refractivity contribution in [2.45, 2.75) is 13.0 Å². The van der Waals surface area contributed by atoms with Crippen molar-refractivity contribution < 1.29 is 14.6 Å². The average molecular weight is 318 g/mol. The van der Waals surface area contributed by atoms with E-state index in [1.165, 1.54) is 0 Å². The highest BCUT2D eigenvalue weighted by Crippen LogP contribution is 2.26. The third-order valence-electron chi connectivity index (χ3n) is 2.46. The number of ether oxygens (including phenoxy) is 2. The lowest BCUT2D eigenvalue weighted by Gasteiger charge is -2.08. The van der Waals surface area contributed by atoms with Crippen molar-refractivity contribution in [3.8, 4) is 5.75 Å². The van der Waals surface area contributed by atoms with E-state index in [1.54, 1.807) is 7.11 Å². The van der Waals surface area contributed by atoms with Crippen LogP contribution >= 0.6 is 15.9 Å². The molecule has 1 aromatic carbocycles. The van der Waals surface area contributed by atoms with Gasteiger partial charge in [-0.1, -0.05) is 12.1 Å². The summed E-state index contributed by atoms with van der Waals surface area (Å²) in [5, 5.41) is 13.0. The zero-order valence-corrected chi connectivity index (χ0v) is 12.2. The summed E-state index contributed by atoms with van der Waals surface area (Å²) in [4.78, 5) is 0. The van der Waals surface area contributed by atoms with E-state index in [-0.39, 0.29) is 0 Å². The molecule has 0 fully saturated rings. The van der Waals surface area contributed by atoms with E-state index in [4.69, 9.17) is 9.47 Å². The van der Waals surface area contributed by atoms with Gasteiger partial charge in [0.2, 0.25) is 0 Å². The van der Waals surface area contributed by atoms with Crippen LogP contribution in [0.5, 0.6) is 5.75 Å². The molecule has 0 saturated carbocycles. The van der Waals surface area contributed by atoms with E-state index in [2.05, 4.69) is 21.2 Å². The minimum absolute atomic E-state index is 0.307. The second-order valence-corrected chi connectivity index (χ2v) is 4.74. The maximum Gasteiger partial charge on any atom is 0.134 e. The molecule has 0 atom stereocenters. The Morgan fingerprint density at radius 2 is 2.11 bits per heavy atom. The van der Waals surface area contributed by atoms with E-state index < -0.39 is 0 Å². The molecule has 0 unspecified atom stereocenters. The highest BCUT2D eigenvalue weighted by Gasteiger charge is 2.03. The van der Waals surface area contributed by atoms with Crippen molar-refractivity contribution >= 4 is 15.9 Å². The number of rotatable bonds is 9. The maximum atomic E-state index is 9.77. The lowest BCUT2D eigenvalue weighted by Crippen LogP contribution is -2.17. The molecule has 0 aromatic heterocycles. The summed E-state index contributed by atoms with van der Waals surface area (Å²) >= 11 is 3.29. The second-order valence-electron chi connectivity index (χ2n) is 3.88. The molecule has 4 nitrogen and oxygen atoms in total. The highest BCUT2D eigenvalue weighted by molar-refractivity contribution is 9.10. The summed E-state index contributed by atoms with van der Waals surface area (Å²) in [6, 6.07) is 5.64. The van der Waals surface area contributed by atoms with Crippen LogP contribution in [0.3, 0.4) is 0 Å². The first-order valence-electron chi connectivity index (χ1n) is 5.99. The first-order chi connectivity index (χ1) is 8.75. The van der Waals surface area contributed by atoms with Crippen molar-refractivity contribution in [1.82, 2.24) is 5.32 Å². The molecule has 0 amide bonds. The molecule has 18 heavy (non-hydrogen) atoms. The van der Waals surface area contributed by atoms with Gasteiger partial charge < -0.3 is 19.9 Å². The van der Waals surface area contributed by atoms with E-state index >= 15 is 0 Å². The Morgan fingerprint density at radius 1 is 1.28 bits per heavy atom. The summed E-state index contributed by atoms with van der Waals surface area (Å²) in [6.45, 7) is 3.52. The normalized spacial score (nSPS) is 10.8. The molecule has 1 rings (SSSR count). The van der Waals surface area contributed by atoms with Crippen molar-refractivity contribution in [1.29, 1.82) is 0 Å². The Kier molecular flexibility index (Phi) is 8.00. The fraction of sp³-hybridized carbons (Fsp3) is 0.538. The van der Waals surface area contributed by atoms with Gasteiger partial charge >= 0.3 is 0 Å². The lowest BCUT2D eigenvalue weighted by atomic mass is 10.2. The molecule has 102 valence electrons. The molecular weight excluding hydrogens is 298 g/mol. The summed E-state index contributed by atoms with van der Waals surface area (Å²) in [5.41, 5.74) is 0.893. The van der Waals surface area contributed by atoms with Crippen LogP contribution < -0.4 is 5.32 Å². The van der Waals surface area contributed by atoms with Crippen LogP contribution in [0.15, 0.2) is 22.7 Å². The summed E-state index contributed by atoms with van der Waals surface area (Å²) < 4.78 is 11.0. The van der Waals surface area contributed by atoms with Gasteiger partial charge in [0.1, 0.15) is 5.75 Å². The van der Waals surface area contributed by atoms with Gasteiger partial charge in [0.15, 0.2) is 0 Å². The number of benzene rings is 1. The van der Waals surface area contributed by atoms with E-state index in [1.807, 2.05) is 18.2 Å². The zero-order chi connectivity index (χ0) is 13.2. The van der Waals surface area contributed by atoms with Gasteiger partial charge in [0, 0.05) is 25.8 Å². The van der Waals surface area contributed by atoms with Gasteiger partial charge in [-0.3, -0.25) is 0 Å². The topological polar surface area (TPSA) is 50.7 Å². The zero-order valence-electron chi connectivity index (χ0n) is 10.6. The minimum Gasteiger partial charge on any atom is -0.506 e. The molecule has 5 heteroatoms. The fourth-order valence-corrected chi connectivity index (χ4v) is 1.88.